The second-order valence-electron chi connectivity index (χ2n) is 7.04. The Morgan fingerprint density at radius 1 is 1.00 bits per heavy atom. The molecule has 1 aliphatic rings. The van der Waals surface area contributed by atoms with Gasteiger partial charge in [-0.1, -0.05) is 35.3 Å². The van der Waals surface area contributed by atoms with Crippen LogP contribution in [-0.2, 0) is 16.6 Å². The molecule has 0 radical (unpaired) electrons. The number of nitrogens with one attached hydrogen (secondary N) is 1. The molecule has 1 aromatic heterocycles. The van der Waals surface area contributed by atoms with Gasteiger partial charge >= 0.3 is 0 Å². The molecule has 6 nitrogen and oxygen atoms in total. The molecule has 3 aromatic rings. The van der Waals surface area contributed by atoms with Gasteiger partial charge in [-0.25, -0.2) is 0 Å². The molecule has 2 amide bonds. The highest BCUT2D eigenvalue weighted by Crippen LogP contribution is 2.24. The van der Waals surface area contributed by atoms with Crippen molar-refractivity contribution in [2.75, 3.05) is 4.90 Å². The summed E-state index contributed by atoms with van der Waals surface area (Å²) in [6, 6.07) is 14.7. The average Bonchev–Trinajstić information content (AvgIpc) is 3.12. The van der Waals surface area contributed by atoms with Gasteiger partial charge in [0.05, 0.1) is 5.69 Å². The lowest BCUT2D eigenvalue weighted by molar-refractivity contribution is -0.122. The van der Waals surface area contributed by atoms with Crippen molar-refractivity contribution in [3.05, 3.63) is 93.2 Å². The normalized spacial score (nSPS) is 15.3. The highest BCUT2D eigenvalue weighted by molar-refractivity contribution is 7.80. The van der Waals surface area contributed by atoms with E-state index in [4.69, 9.17) is 35.4 Å². The monoisotopic (exact) mass is 483 g/mol. The first kappa shape index (κ1) is 22.0. The van der Waals surface area contributed by atoms with Gasteiger partial charge in [-0.15, -0.1) is 0 Å². The molecule has 1 fully saturated rings. The molecule has 1 saturated heterocycles. The minimum atomic E-state index is -0.617. The van der Waals surface area contributed by atoms with Crippen molar-refractivity contribution in [1.82, 2.24) is 9.88 Å². The lowest BCUT2D eigenvalue weighted by Crippen LogP contribution is -2.54. The molecule has 9 heteroatoms. The van der Waals surface area contributed by atoms with Crippen LogP contribution >= 0.6 is 35.4 Å². The molecule has 1 N–H and O–H groups in total. The lowest BCUT2D eigenvalue weighted by Gasteiger charge is -2.28. The van der Waals surface area contributed by atoms with Gasteiger partial charge in [-0.3, -0.25) is 24.6 Å². The largest absolute Gasteiger partial charge is 0.350 e. The summed E-state index contributed by atoms with van der Waals surface area (Å²) in [4.78, 5) is 39.7. The first-order valence-electron chi connectivity index (χ1n) is 9.38. The number of thiocarbonyl (C=S) groups is 1. The van der Waals surface area contributed by atoms with Crippen LogP contribution in [0.25, 0.3) is 6.08 Å². The summed E-state index contributed by atoms with van der Waals surface area (Å²) in [6.45, 7) is 0. The topological polar surface area (TPSA) is 71.4 Å². The molecule has 0 unspecified atom stereocenters. The number of amides is 2. The van der Waals surface area contributed by atoms with Crippen LogP contribution in [0.3, 0.4) is 0 Å². The van der Waals surface area contributed by atoms with E-state index in [1.54, 1.807) is 72.4 Å². The molecule has 32 heavy (non-hydrogen) atoms. The van der Waals surface area contributed by atoms with Crippen LogP contribution in [-0.4, -0.2) is 27.3 Å². The number of carbonyl (C=O) groups excluding carboxylic acids is 3. The lowest BCUT2D eigenvalue weighted by atomic mass is 10.1. The third-order valence-corrected chi connectivity index (χ3v) is 5.64. The van der Waals surface area contributed by atoms with Crippen LogP contribution in [0.5, 0.6) is 0 Å². The van der Waals surface area contributed by atoms with Crippen molar-refractivity contribution in [1.29, 1.82) is 0 Å². The average molecular weight is 484 g/mol. The SMILES string of the molecule is Cn1cc(C(=O)c2cccc(Cl)c2)cc1/C=C1\C(=O)NC(=S)N(c2ccc(Cl)cc2)C1=O. The van der Waals surface area contributed by atoms with E-state index in [2.05, 4.69) is 5.32 Å². The number of hydrogen-bond donors (Lipinski definition) is 1. The van der Waals surface area contributed by atoms with Gasteiger partial charge in [0.25, 0.3) is 11.8 Å². The minimum absolute atomic E-state index is 0.0248. The van der Waals surface area contributed by atoms with Crippen molar-refractivity contribution in [3.63, 3.8) is 0 Å². The van der Waals surface area contributed by atoms with Crippen molar-refractivity contribution in [2.24, 2.45) is 7.05 Å². The molecular weight excluding hydrogens is 469 g/mol. The maximum absolute atomic E-state index is 13.1. The number of anilines is 1. The molecule has 0 atom stereocenters. The van der Waals surface area contributed by atoms with E-state index >= 15 is 0 Å². The Morgan fingerprint density at radius 2 is 1.72 bits per heavy atom. The van der Waals surface area contributed by atoms with Crippen molar-refractivity contribution >= 4 is 69.9 Å². The van der Waals surface area contributed by atoms with Gasteiger partial charge in [-0.05, 0) is 60.8 Å². The second kappa shape index (κ2) is 8.70. The van der Waals surface area contributed by atoms with E-state index in [1.807, 2.05) is 0 Å². The number of carbonyl (C=O) groups is 3. The highest BCUT2D eigenvalue weighted by Gasteiger charge is 2.34. The first-order chi connectivity index (χ1) is 15.2. The van der Waals surface area contributed by atoms with Crippen molar-refractivity contribution in [2.45, 2.75) is 0 Å². The van der Waals surface area contributed by atoms with Gasteiger partial charge in [-0.2, -0.15) is 0 Å². The number of ketones is 1. The molecule has 2 aromatic carbocycles. The molecule has 1 aliphatic heterocycles. The molecule has 160 valence electrons. The zero-order valence-corrected chi connectivity index (χ0v) is 19.0. The van der Waals surface area contributed by atoms with Crippen LogP contribution in [0.1, 0.15) is 21.6 Å². The third kappa shape index (κ3) is 4.23. The third-order valence-electron chi connectivity index (χ3n) is 4.87. The number of rotatable bonds is 4. The van der Waals surface area contributed by atoms with Crippen LogP contribution in [0.2, 0.25) is 10.0 Å². The fourth-order valence-electron chi connectivity index (χ4n) is 3.28. The number of hydrogen-bond acceptors (Lipinski definition) is 4. The van der Waals surface area contributed by atoms with Gasteiger partial charge in [0.1, 0.15) is 5.57 Å². The zero-order chi connectivity index (χ0) is 23.0. The van der Waals surface area contributed by atoms with E-state index in [0.717, 1.165) is 0 Å². The first-order valence-corrected chi connectivity index (χ1v) is 10.5. The summed E-state index contributed by atoms with van der Waals surface area (Å²) in [5.41, 5.74) is 1.69. The van der Waals surface area contributed by atoms with E-state index < -0.39 is 11.8 Å². The summed E-state index contributed by atoms with van der Waals surface area (Å²) >= 11 is 17.1. The van der Waals surface area contributed by atoms with Crippen molar-refractivity contribution < 1.29 is 14.4 Å². The summed E-state index contributed by atoms with van der Waals surface area (Å²) in [5, 5.41) is 3.46. The molecule has 0 spiro atoms. The van der Waals surface area contributed by atoms with E-state index in [-0.39, 0.29) is 16.5 Å². The van der Waals surface area contributed by atoms with Gasteiger partial charge in [0, 0.05) is 40.1 Å². The fourth-order valence-corrected chi connectivity index (χ4v) is 3.87. The standard InChI is InChI=1S/C23H15Cl2N3O3S/c1-27-12-14(20(29)13-3-2-4-16(25)9-13)10-18(27)11-19-21(30)26-23(32)28(22(19)31)17-7-5-15(24)6-8-17/h2-12H,1H3,(H,26,30,32)/b19-11+. The maximum atomic E-state index is 13.1. The Morgan fingerprint density at radius 3 is 2.41 bits per heavy atom. The fraction of sp³-hybridized carbons (Fsp3) is 0.0435. The van der Waals surface area contributed by atoms with Gasteiger partial charge in [0.2, 0.25) is 0 Å². The number of benzene rings is 2. The van der Waals surface area contributed by atoms with Crippen LogP contribution < -0.4 is 10.2 Å². The Balaban J connectivity index is 1.69. The number of nitrogens with zero attached hydrogens (tertiary/aromatic N) is 2. The summed E-state index contributed by atoms with van der Waals surface area (Å²) < 4.78 is 1.66. The van der Waals surface area contributed by atoms with Gasteiger partial charge < -0.3 is 4.57 Å². The Kier molecular flexibility index (Phi) is 5.97. The van der Waals surface area contributed by atoms with E-state index in [1.165, 1.54) is 11.0 Å². The van der Waals surface area contributed by atoms with Crippen molar-refractivity contribution in [3.8, 4) is 0 Å². The smallest absolute Gasteiger partial charge is 0.270 e. The number of aryl methyl sites for hydroxylation is 1. The predicted octanol–water partition coefficient (Wildman–Crippen LogP) is 4.39. The second-order valence-corrected chi connectivity index (χ2v) is 8.30. The Bertz CT molecular complexity index is 1310. The molecule has 2 heterocycles. The quantitative estimate of drug-likeness (QED) is 0.258. The summed E-state index contributed by atoms with van der Waals surface area (Å²) in [6.07, 6.45) is 3.06. The van der Waals surface area contributed by atoms with Gasteiger partial charge in [0.15, 0.2) is 10.9 Å². The minimum Gasteiger partial charge on any atom is -0.350 e. The molecule has 0 bridgehead atoms. The number of aromatic nitrogens is 1. The summed E-state index contributed by atoms with van der Waals surface area (Å²) in [7, 11) is 1.72. The molecule has 0 aliphatic carbocycles. The van der Waals surface area contributed by atoms with E-state index in [0.29, 0.717) is 32.6 Å². The van der Waals surface area contributed by atoms with Crippen LogP contribution in [0.15, 0.2) is 66.4 Å². The highest BCUT2D eigenvalue weighted by atomic mass is 35.5. The summed E-state index contributed by atoms with van der Waals surface area (Å²) in [5.74, 6) is -1.42. The van der Waals surface area contributed by atoms with Crippen LogP contribution in [0.4, 0.5) is 5.69 Å². The maximum Gasteiger partial charge on any atom is 0.270 e. The Labute approximate surface area is 199 Å². The van der Waals surface area contributed by atoms with Crippen LogP contribution in [0, 0.1) is 0 Å². The number of halogens is 2. The molecule has 4 rings (SSSR count). The Hall–Kier alpha value is -3.26. The molecular formula is C23H15Cl2N3O3S. The van der Waals surface area contributed by atoms with E-state index in [9.17, 15) is 14.4 Å². The zero-order valence-electron chi connectivity index (χ0n) is 16.6. The predicted molar refractivity (Wildman–Crippen MR) is 128 cm³/mol. The molecule has 0 saturated carbocycles.